The summed E-state index contributed by atoms with van der Waals surface area (Å²) in [6.45, 7) is 0. The first-order valence-corrected chi connectivity index (χ1v) is 12.2. The molecule has 2 heteroatoms. The van der Waals surface area contributed by atoms with Crippen molar-refractivity contribution in [3.63, 3.8) is 0 Å². The summed E-state index contributed by atoms with van der Waals surface area (Å²) in [5.41, 5.74) is 6.91. The minimum atomic E-state index is 0.163. The first-order valence-electron chi connectivity index (χ1n) is 12.2. The van der Waals surface area contributed by atoms with Gasteiger partial charge in [0, 0.05) is 34.2 Å². The van der Waals surface area contributed by atoms with Gasteiger partial charge in [-0.25, -0.2) is 0 Å². The topological polar surface area (TPSA) is 28.1 Å². The molecule has 34 heavy (non-hydrogen) atoms. The lowest BCUT2D eigenvalue weighted by Crippen LogP contribution is -2.26. The van der Waals surface area contributed by atoms with Crippen molar-refractivity contribution in [2.24, 2.45) is 10.9 Å². The molecule has 1 aromatic heterocycles. The number of hydrogen-bond acceptors (Lipinski definition) is 1. The van der Waals surface area contributed by atoms with Crippen molar-refractivity contribution in [3.8, 4) is 0 Å². The fourth-order valence-electron chi connectivity index (χ4n) is 6.50. The van der Waals surface area contributed by atoms with Gasteiger partial charge in [0.15, 0.2) is 0 Å². The second kappa shape index (κ2) is 7.85. The number of aromatic amines is 1. The third-order valence-corrected chi connectivity index (χ3v) is 7.84. The fraction of sp³-hybridized carbons (Fsp3) is 0.156. The van der Waals surface area contributed by atoms with E-state index in [4.69, 9.17) is 4.99 Å². The van der Waals surface area contributed by atoms with E-state index >= 15 is 0 Å². The number of aromatic nitrogens is 1. The van der Waals surface area contributed by atoms with Gasteiger partial charge < -0.3 is 4.98 Å². The van der Waals surface area contributed by atoms with Crippen LogP contribution in [0.4, 0.5) is 0 Å². The molecule has 2 nitrogen and oxygen atoms in total. The highest BCUT2D eigenvalue weighted by molar-refractivity contribution is 5.85. The van der Waals surface area contributed by atoms with E-state index in [1.807, 2.05) is 0 Å². The maximum atomic E-state index is 5.37. The van der Waals surface area contributed by atoms with Crippen LogP contribution in [0, 0.1) is 5.92 Å². The Kier molecular flexibility index (Phi) is 4.51. The monoisotopic (exact) mass is 438 g/mol. The Bertz CT molecular complexity index is 1600. The summed E-state index contributed by atoms with van der Waals surface area (Å²) in [5.74, 6) is 1.04. The molecule has 5 aromatic rings. The van der Waals surface area contributed by atoms with Crippen LogP contribution in [0.25, 0.3) is 16.5 Å². The van der Waals surface area contributed by atoms with Gasteiger partial charge in [-0.1, -0.05) is 97.1 Å². The van der Waals surface area contributed by atoms with Gasteiger partial charge in [-0.05, 0) is 46.7 Å². The van der Waals surface area contributed by atoms with Crippen LogP contribution in [-0.2, 0) is 6.42 Å². The van der Waals surface area contributed by atoms with Gasteiger partial charge >= 0.3 is 0 Å². The average molecular weight is 439 g/mol. The lowest BCUT2D eigenvalue weighted by molar-refractivity contribution is 0.489. The Hall–Kier alpha value is -3.91. The smallest absolute Gasteiger partial charge is 0.0804 e. The number of fused-ring (bicyclic) bond motifs is 3. The van der Waals surface area contributed by atoms with Gasteiger partial charge in [0.25, 0.3) is 0 Å². The molecule has 0 unspecified atom stereocenters. The first-order chi connectivity index (χ1) is 16.9. The van der Waals surface area contributed by atoms with E-state index < -0.39 is 0 Å². The Balaban J connectivity index is 1.50. The quantitative estimate of drug-likeness (QED) is 0.370. The molecule has 0 amide bonds. The van der Waals surface area contributed by atoms with E-state index in [-0.39, 0.29) is 12.0 Å². The van der Waals surface area contributed by atoms with Crippen molar-refractivity contribution >= 4 is 16.5 Å². The highest BCUT2D eigenvalue weighted by Gasteiger charge is 2.50. The minimum absolute atomic E-state index is 0.163. The number of benzene rings is 4. The summed E-state index contributed by atoms with van der Waals surface area (Å²) in [6, 6.07) is 39.7. The first kappa shape index (κ1) is 19.5. The normalized spacial score (nSPS) is 23.0. The predicted molar refractivity (Wildman–Crippen MR) is 138 cm³/mol. The summed E-state index contributed by atoms with van der Waals surface area (Å²) < 4.78 is 0. The largest absolute Gasteiger partial charge is 0.361 e. The maximum Gasteiger partial charge on any atom is 0.0804 e. The van der Waals surface area contributed by atoms with Crippen LogP contribution in [-0.4, -0.2) is 11.0 Å². The van der Waals surface area contributed by atoms with Gasteiger partial charge in [0.05, 0.1) is 11.4 Å². The average Bonchev–Trinajstić information content (AvgIpc) is 3.57. The van der Waals surface area contributed by atoms with E-state index in [0.29, 0.717) is 11.8 Å². The van der Waals surface area contributed by atoms with E-state index in [1.54, 1.807) is 0 Å². The van der Waals surface area contributed by atoms with Crippen molar-refractivity contribution in [2.45, 2.75) is 24.3 Å². The van der Waals surface area contributed by atoms with Gasteiger partial charge in [-0.2, -0.15) is 0 Å². The molecule has 0 saturated heterocycles. The Morgan fingerprint density at radius 3 is 2.24 bits per heavy atom. The Morgan fingerprint density at radius 2 is 1.38 bits per heavy atom. The van der Waals surface area contributed by atoms with Crippen LogP contribution in [0.3, 0.4) is 0 Å². The minimum Gasteiger partial charge on any atom is -0.361 e. The zero-order chi connectivity index (χ0) is 22.5. The highest BCUT2D eigenvalue weighted by atomic mass is 14.9. The summed E-state index contributed by atoms with van der Waals surface area (Å²) in [5, 5.41) is 3.81. The predicted octanol–water partition coefficient (Wildman–Crippen LogP) is 5.76. The summed E-state index contributed by atoms with van der Waals surface area (Å²) in [6.07, 6.45) is 3.27. The van der Waals surface area contributed by atoms with Gasteiger partial charge in [-0.15, -0.1) is 0 Å². The van der Waals surface area contributed by atoms with Crippen molar-refractivity contribution in [1.29, 1.82) is 0 Å². The van der Waals surface area contributed by atoms with Crippen LogP contribution in [0.1, 0.15) is 28.5 Å². The van der Waals surface area contributed by atoms with Crippen LogP contribution < -0.4 is 10.6 Å². The van der Waals surface area contributed by atoms with Crippen LogP contribution in [0.2, 0.25) is 0 Å². The molecule has 4 atom stereocenters. The number of nitrogens with zero attached hydrogens (tertiary/aromatic N) is 1. The number of nitrogens with one attached hydrogen (secondary N) is 1. The number of para-hydroxylation sites is 2. The molecule has 0 radical (unpaired) electrons. The molecule has 7 rings (SSSR count). The number of rotatable bonds is 4. The molecule has 0 spiro atoms. The molecule has 2 heterocycles. The molecule has 1 aliphatic carbocycles. The van der Waals surface area contributed by atoms with E-state index in [9.17, 15) is 0 Å². The molecule has 1 aliphatic heterocycles. The summed E-state index contributed by atoms with van der Waals surface area (Å²) in [7, 11) is 0. The Morgan fingerprint density at radius 1 is 0.676 bits per heavy atom. The van der Waals surface area contributed by atoms with Gasteiger partial charge in [0.1, 0.15) is 0 Å². The highest BCUT2D eigenvalue weighted by Crippen LogP contribution is 2.56. The zero-order valence-corrected chi connectivity index (χ0v) is 18.9. The molecular formula is C32H26N2. The second-order valence-corrected chi connectivity index (χ2v) is 9.59. The Labute approximate surface area is 199 Å². The standard InChI is InChI=1S/C32H26N2/c1-3-11-21(12-4-1)19-25-29(22-13-5-2-6-14-22)31(26-20-33-27-17-9-7-15-23(26)27)32-30(25)24-16-8-10-18-28(24)34-32/h1-18,20,25,29,31-33H,19H2/t25-,29-,31+,32+/m1/s1. The number of H-pyrrole nitrogens is 1. The molecular weight excluding hydrogens is 412 g/mol. The van der Waals surface area contributed by atoms with Crippen LogP contribution in [0.15, 0.2) is 120 Å². The van der Waals surface area contributed by atoms with E-state index in [0.717, 1.165) is 11.8 Å². The fourth-order valence-corrected chi connectivity index (χ4v) is 6.50. The number of hydrogen-bond donors (Lipinski definition) is 1. The molecule has 1 N–H and O–H groups in total. The van der Waals surface area contributed by atoms with E-state index in [2.05, 4.69) is 120 Å². The molecule has 1 saturated carbocycles. The molecule has 1 fully saturated rings. The van der Waals surface area contributed by atoms with Crippen molar-refractivity contribution in [2.75, 3.05) is 0 Å². The molecule has 164 valence electrons. The van der Waals surface area contributed by atoms with Gasteiger partial charge in [0.2, 0.25) is 0 Å². The lowest BCUT2D eigenvalue weighted by atomic mass is 9.77. The molecule has 0 bridgehead atoms. The summed E-state index contributed by atoms with van der Waals surface area (Å²) >= 11 is 0. The molecule has 2 aliphatic rings. The van der Waals surface area contributed by atoms with Gasteiger partial charge in [-0.3, -0.25) is 4.99 Å². The maximum absolute atomic E-state index is 5.37. The van der Waals surface area contributed by atoms with Crippen molar-refractivity contribution in [3.05, 3.63) is 143 Å². The third kappa shape index (κ3) is 2.99. The van der Waals surface area contributed by atoms with Crippen molar-refractivity contribution in [1.82, 2.24) is 4.98 Å². The lowest BCUT2D eigenvalue weighted by Gasteiger charge is -2.26. The van der Waals surface area contributed by atoms with Crippen molar-refractivity contribution < 1.29 is 0 Å². The van der Waals surface area contributed by atoms with Crippen LogP contribution >= 0.6 is 0 Å². The molecule has 4 aromatic carbocycles. The van der Waals surface area contributed by atoms with Crippen LogP contribution in [0.5, 0.6) is 0 Å². The van der Waals surface area contributed by atoms with E-state index in [1.165, 1.54) is 38.4 Å². The SMILES string of the molecule is c1ccc(C[C@H]2C3=c4ccccc4=N[C@@H]3[C@@H](c3c[nH]c4ccccc34)[C@@H]2c2ccccc2)cc1. The summed E-state index contributed by atoms with van der Waals surface area (Å²) in [4.78, 5) is 8.93. The second-order valence-electron chi connectivity index (χ2n) is 9.59. The third-order valence-electron chi connectivity index (χ3n) is 7.84. The zero-order valence-electron chi connectivity index (χ0n) is 18.9.